The lowest BCUT2D eigenvalue weighted by Crippen LogP contribution is -2.54. The Morgan fingerprint density at radius 2 is 1.57 bits per heavy atom. The summed E-state index contributed by atoms with van der Waals surface area (Å²) in [6, 6.07) is 20.6. The largest absolute Gasteiger partial charge is 0.481 e. The van der Waals surface area contributed by atoms with Crippen LogP contribution in [-0.4, -0.2) is 90.3 Å². The Balaban J connectivity index is 0.924. The van der Waals surface area contributed by atoms with Gasteiger partial charge in [0.2, 0.25) is 11.8 Å². The molecule has 2 unspecified atom stereocenters. The lowest BCUT2D eigenvalue weighted by atomic mass is 9.86. The normalized spacial score (nSPS) is 19.8. The van der Waals surface area contributed by atoms with Crippen molar-refractivity contribution in [1.29, 1.82) is 0 Å². The molecule has 0 saturated carbocycles. The molecule has 0 bridgehead atoms. The summed E-state index contributed by atoms with van der Waals surface area (Å²) in [5.74, 6) is -2.07. The predicted molar refractivity (Wildman–Crippen MR) is 213 cm³/mol. The zero-order chi connectivity index (χ0) is 41.0. The van der Waals surface area contributed by atoms with Crippen molar-refractivity contribution in [3.63, 3.8) is 0 Å². The number of hydrogen-bond donors (Lipinski definition) is 1. The maximum absolute atomic E-state index is 14.2. The Kier molecular flexibility index (Phi) is 12.1. The van der Waals surface area contributed by atoms with E-state index in [1.165, 1.54) is 0 Å². The summed E-state index contributed by atoms with van der Waals surface area (Å²) >= 11 is 0. The fourth-order valence-electron chi connectivity index (χ4n) is 8.10. The van der Waals surface area contributed by atoms with Gasteiger partial charge in [-0.15, -0.1) is 0 Å². The number of amides is 4. The number of piperazine rings is 1. The number of anilines is 1. The number of unbranched alkanes of at least 4 members (excludes halogenated alkanes) is 1. The molecule has 3 aromatic carbocycles. The summed E-state index contributed by atoms with van der Waals surface area (Å²) in [5, 5.41) is 2.20. The van der Waals surface area contributed by atoms with Crippen molar-refractivity contribution in [1.82, 2.24) is 15.1 Å². The number of nitrogens with zero attached hydrogens (tertiary/aromatic N) is 3. The summed E-state index contributed by atoms with van der Waals surface area (Å²) in [6.45, 7) is 5.25. The molecule has 7 rings (SSSR count). The molecule has 13 heteroatoms. The van der Waals surface area contributed by atoms with Crippen LogP contribution in [-0.2, 0) is 14.4 Å². The number of rotatable bonds is 13. The molecular weight excluding hydrogens is 750 g/mol. The van der Waals surface area contributed by atoms with Gasteiger partial charge in [0.1, 0.15) is 11.8 Å². The van der Waals surface area contributed by atoms with Gasteiger partial charge in [-0.2, -0.15) is 13.2 Å². The van der Waals surface area contributed by atoms with Crippen LogP contribution in [0.1, 0.15) is 83.7 Å². The first-order chi connectivity index (χ1) is 27.9. The monoisotopic (exact) mass is 794 g/mol. The molecule has 3 aromatic rings. The summed E-state index contributed by atoms with van der Waals surface area (Å²) in [7, 11) is 0. The van der Waals surface area contributed by atoms with Crippen LogP contribution in [0.4, 0.5) is 18.9 Å². The van der Waals surface area contributed by atoms with Crippen molar-refractivity contribution < 1.29 is 41.9 Å². The molecule has 10 nitrogen and oxygen atoms in total. The third kappa shape index (κ3) is 8.84. The van der Waals surface area contributed by atoms with E-state index in [0.29, 0.717) is 52.0 Å². The molecule has 1 aliphatic carbocycles. The quantitative estimate of drug-likeness (QED) is 0.110. The molecule has 2 saturated heterocycles. The molecule has 302 valence electrons. The van der Waals surface area contributed by atoms with Gasteiger partial charge in [0.05, 0.1) is 11.1 Å². The number of allylic oxidation sites excluding steroid dienone is 6. The van der Waals surface area contributed by atoms with Crippen molar-refractivity contribution in [2.75, 3.05) is 37.6 Å². The number of halogens is 3. The second kappa shape index (κ2) is 17.4. The molecule has 1 N–H and O–H groups in total. The van der Waals surface area contributed by atoms with Crippen LogP contribution in [0.15, 0.2) is 96.6 Å². The summed E-state index contributed by atoms with van der Waals surface area (Å²) in [6.07, 6.45) is 0.536. The van der Waals surface area contributed by atoms with E-state index in [-0.39, 0.29) is 48.3 Å². The van der Waals surface area contributed by atoms with Gasteiger partial charge in [-0.1, -0.05) is 61.5 Å². The Hall–Kier alpha value is -5.82. The van der Waals surface area contributed by atoms with Gasteiger partial charge in [-0.05, 0) is 103 Å². The fourth-order valence-corrected chi connectivity index (χ4v) is 8.10. The van der Waals surface area contributed by atoms with Crippen LogP contribution in [0.25, 0.3) is 11.1 Å². The van der Waals surface area contributed by atoms with Crippen LogP contribution in [0, 0.1) is 0 Å². The van der Waals surface area contributed by atoms with E-state index in [2.05, 4.69) is 22.0 Å². The highest BCUT2D eigenvalue weighted by molar-refractivity contribution is 6.23. The second-order valence-electron chi connectivity index (χ2n) is 14.9. The van der Waals surface area contributed by atoms with E-state index in [1.807, 2.05) is 36.4 Å². The topological polar surface area (TPSA) is 116 Å². The number of imide groups is 2. The number of nitrogens with one attached hydrogen (secondary N) is 1. The lowest BCUT2D eigenvalue weighted by molar-refractivity contribution is -0.197. The molecule has 4 amide bonds. The van der Waals surface area contributed by atoms with Crippen molar-refractivity contribution in [2.45, 2.75) is 70.2 Å². The number of fused-ring (bicyclic) bond motifs is 1. The molecular formula is C45H45F3N4O6. The Labute approximate surface area is 335 Å². The fraction of sp³-hybridized carbons (Fsp3) is 0.356. The zero-order valence-electron chi connectivity index (χ0n) is 32.2. The van der Waals surface area contributed by atoms with E-state index in [9.17, 15) is 37.1 Å². The number of ketones is 1. The minimum Gasteiger partial charge on any atom is -0.481 e. The van der Waals surface area contributed by atoms with E-state index < -0.39 is 42.0 Å². The first-order valence-corrected chi connectivity index (χ1v) is 19.8. The lowest BCUT2D eigenvalue weighted by Gasteiger charge is -2.36. The van der Waals surface area contributed by atoms with Gasteiger partial charge in [0.15, 0.2) is 11.9 Å². The Bertz CT molecular complexity index is 2170. The van der Waals surface area contributed by atoms with Crippen molar-refractivity contribution in [2.24, 2.45) is 0 Å². The first-order valence-electron chi connectivity index (χ1n) is 19.8. The van der Waals surface area contributed by atoms with Crippen LogP contribution >= 0.6 is 0 Å². The number of hydrogen-bond acceptors (Lipinski definition) is 8. The highest BCUT2D eigenvalue weighted by Crippen LogP contribution is 2.38. The third-order valence-corrected chi connectivity index (χ3v) is 11.2. The minimum absolute atomic E-state index is 0.0140. The number of carbonyl (C=O) groups excluding carboxylic acids is 5. The smallest absolute Gasteiger partial charge is 0.425 e. The number of carbonyl (C=O) groups is 5. The molecule has 2 fully saturated rings. The Morgan fingerprint density at radius 1 is 0.845 bits per heavy atom. The maximum atomic E-state index is 14.2. The molecule has 2 atom stereocenters. The summed E-state index contributed by atoms with van der Waals surface area (Å²) in [4.78, 5) is 67.5. The molecule has 0 radical (unpaired) electrons. The van der Waals surface area contributed by atoms with E-state index in [0.717, 1.165) is 38.4 Å². The van der Waals surface area contributed by atoms with Crippen LogP contribution < -0.4 is 15.0 Å². The average molecular weight is 795 g/mol. The number of ether oxygens (including phenoxy) is 1. The number of piperidine rings is 1. The van der Waals surface area contributed by atoms with Crippen molar-refractivity contribution in [3.05, 3.63) is 119 Å². The third-order valence-electron chi connectivity index (χ3n) is 11.2. The number of benzene rings is 3. The molecule has 58 heavy (non-hydrogen) atoms. The summed E-state index contributed by atoms with van der Waals surface area (Å²) in [5.41, 5.74) is 5.92. The minimum atomic E-state index is -4.55. The first kappa shape index (κ1) is 40.4. The SMILES string of the molecule is CC/C(=C(\C1=CCC(=O)C=C1)c1ccc(OC(CCCCN2CCN(c3ccc4c(c3)C(=O)N(C3CCC(=O)NC3=O)C4=O)CC2)C(F)(F)F)cc1)c1ccccc1. The van der Waals surface area contributed by atoms with Gasteiger partial charge >= 0.3 is 6.18 Å². The van der Waals surface area contributed by atoms with E-state index >= 15 is 0 Å². The Morgan fingerprint density at radius 3 is 2.22 bits per heavy atom. The number of alkyl halides is 3. The molecule has 3 heterocycles. The van der Waals surface area contributed by atoms with Crippen LogP contribution in [0.2, 0.25) is 0 Å². The highest BCUT2D eigenvalue weighted by atomic mass is 19.4. The zero-order valence-corrected chi connectivity index (χ0v) is 32.2. The average Bonchev–Trinajstić information content (AvgIpc) is 3.46. The predicted octanol–water partition coefficient (Wildman–Crippen LogP) is 7.17. The highest BCUT2D eigenvalue weighted by Gasteiger charge is 2.45. The molecule has 0 aromatic heterocycles. The van der Waals surface area contributed by atoms with Crippen molar-refractivity contribution >= 4 is 46.2 Å². The molecule has 4 aliphatic rings. The van der Waals surface area contributed by atoms with Gasteiger partial charge in [0, 0.05) is 44.7 Å². The molecule has 0 spiro atoms. The molecule has 3 aliphatic heterocycles. The van der Waals surface area contributed by atoms with Gasteiger partial charge in [0.25, 0.3) is 11.8 Å². The van der Waals surface area contributed by atoms with Gasteiger partial charge < -0.3 is 9.64 Å². The van der Waals surface area contributed by atoms with Crippen LogP contribution in [0.3, 0.4) is 0 Å². The maximum Gasteiger partial charge on any atom is 0.425 e. The van der Waals surface area contributed by atoms with Crippen molar-refractivity contribution in [3.8, 4) is 5.75 Å². The summed E-state index contributed by atoms with van der Waals surface area (Å²) < 4.78 is 48.3. The standard InChI is InChI=1S/C45H45F3N4O6/c1-2-35(29-8-4-3-5-9-29)41(30-11-16-33(53)17-12-30)31-13-18-34(19-14-31)58-39(45(46,47)48)10-6-7-23-50-24-26-51(27-25-50)32-15-20-36-37(28-32)44(57)52(43(36)56)38-21-22-40(54)49-42(38)55/h3-5,8-9,11-16,18-20,28,38-39H,2,6-7,10,17,21-27H2,1H3,(H,49,54,55)/b41-35-. The second-order valence-corrected chi connectivity index (χ2v) is 14.9. The van der Waals surface area contributed by atoms with Gasteiger partial charge in [-0.25, -0.2) is 0 Å². The van der Waals surface area contributed by atoms with E-state index in [4.69, 9.17) is 4.74 Å². The van der Waals surface area contributed by atoms with E-state index in [1.54, 1.807) is 54.6 Å². The van der Waals surface area contributed by atoms with Crippen LogP contribution in [0.5, 0.6) is 5.75 Å². The van der Waals surface area contributed by atoms with Gasteiger partial charge in [-0.3, -0.25) is 39.1 Å².